The molecule has 0 aromatic heterocycles. The molecule has 1 saturated heterocycles. The molecule has 3 amide bonds. The van der Waals surface area contributed by atoms with Crippen molar-refractivity contribution in [2.45, 2.75) is 6.92 Å². The lowest BCUT2D eigenvalue weighted by molar-refractivity contribution is -0.125. The van der Waals surface area contributed by atoms with E-state index >= 15 is 0 Å². The molecule has 2 N–H and O–H groups in total. The van der Waals surface area contributed by atoms with Gasteiger partial charge in [-0.05, 0) is 48.5 Å². The minimum atomic E-state index is -0.255. The minimum Gasteiger partial charge on any atom is -0.370 e. The maximum Gasteiger partial charge on any atom is 0.255 e. The Labute approximate surface area is 150 Å². The van der Waals surface area contributed by atoms with Crippen LogP contribution < -0.4 is 15.5 Å². The normalized spacial score (nSPS) is 14.0. The largest absolute Gasteiger partial charge is 0.370 e. The van der Waals surface area contributed by atoms with E-state index in [0.717, 1.165) is 5.69 Å². The Hall–Kier alpha value is -3.19. The van der Waals surface area contributed by atoms with Crippen molar-refractivity contribution in [3.8, 4) is 0 Å². The molecule has 0 saturated carbocycles. The number of nitrogens with one attached hydrogen (secondary N) is 2. The predicted octanol–water partition coefficient (Wildman–Crippen LogP) is 2.26. The number of ether oxygens (including phenoxy) is 1. The van der Waals surface area contributed by atoms with E-state index < -0.39 is 0 Å². The fourth-order valence-electron chi connectivity index (χ4n) is 2.63. The summed E-state index contributed by atoms with van der Waals surface area (Å²) >= 11 is 0. The molecule has 1 fully saturated rings. The second kappa shape index (κ2) is 7.79. The van der Waals surface area contributed by atoms with Crippen LogP contribution in [0.1, 0.15) is 17.3 Å². The molecule has 0 atom stereocenters. The second-order valence-corrected chi connectivity index (χ2v) is 5.86. The Bertz CT molecular complexity index is 816. The van der Waals surface area contributed by atoms with E-state index in [0.29, 0.717) is 30.1 Å². The predicted molar refractivity (Wildman–Crippen MR) is 98.3 cm³/mol. The monoisotopic (exact) mass is 353 g/mol. The molecular weight excluding hydrogens is 334 g/mol. The third kappa shape index (κ3) is 4.25. The summed E-state index contributed by atoms with van der Waals surface area (Å²) in [5.41, 5.74) is 2.52. The van der Waals surface area contributed by atoms with Crippen molar-refractivity contribution in [3.05, 3.63) is 54.1 Å². The summed E-state index contributed by atoms with van der Waals surface area (Å²) in [6.45, 7) is 2.55. The van der Waals surface area contributed by atoms with Crippen molar-refractivity contribution < 1.29 is 19.1 Å². The lowest BCUT2D eigenvalue weighted by Gasteiger charge is -2.26. The third-order valence-corrected chi connectivity index (χ3v) is 3.89. The summed E-state index contributed by atoms with van der Waals surface area (Å²) in [4.78, 5) is 36.8. The van der Waals surface area contributed by atoms with Crippen molar-refractivity contribution in [1.29, 1.82) is 0 Å². The molecule has 7 nitrogen and oxygen atoms in total. The number of benzene rings is 2. The molecular formula is C19H19N3O4. The van der Waals surface area contributed by atoms with Crippen LogP contribution in [-0.4, -0.2) is 37.5 Å². The Kier molecular flexibility index (Phi) is 5.28. The molecule has 134 valence electrons. The molecule has 0 aliphatic carbocycles. The van der Waals surface area contributed by atoms with Crippen LogP contribution in [0.15, 0.2) is 48.5 Å². The first-order chi connectivity index (χ1) is 12.5. The maximum absolute atomic E-state index is 12.3. The molecule has 26 heavy (non-hydrogen) atoms. The number of amides is 3. The molecule has 2 aromatic rings. The zero-order valence-corrected chi connectivity index (χ0v) is 14.3. The highest BCUT2D eigenvalue weighted by Gasteiger charge is 2.20. The molecule has 0 radical (unpaired) electrons. The van der Waals surface area contributed by atoms with Crippen LogP contribution in [0.2, 0.25) is 0 Å². The smallest absolute Gasteiger partial charge is 0.255 e. The van der Waals surface area contributed by atoms with Gasteiger partial charge in [-0.25, -0.2) is 0 Å². The molecule has 2 aromatic carbocycles. The van der Waals surface area contributed by atoms with Crippen molar-refractivity contribution >= 4 is 34.8 Å². The fourth-order valence-corrected chi connectivity index (χ4v) is 2.63. The van der Waals surface area contributed by atoms with E-state index in [2.05, 4.69) is 10.6 Å². The van der Waals surface area contributed by atoms with Gasteiger partial charge in [0.1, 0.15) is 6.61 Å². The molecule has 0 bridgehead atoms. The van der Waals surface area contributed by atoms with Crippen LogP contribution >= 0.6 is 0 Å². The van der Waals surface area contributed by atoms with Crippen LogP contribution in [0.25, 0.3) is 0 Å². The molecule has 1 aliphatic rings. The summed E-state index contributed by atoms with van der Waals surface area (Å²) in [6, 6.07) is 13.7. The van der Waals surface area contributed by atoms with Gasteiger partial charge in [-0.15, -0.1) is 0 Å². The summed E-state index contributed by atoms with van der Waals surface area (Å²) < 4.78 is 5.12. The molecule has 3 rings (SSSR count). The summed E-state index contributed by atoms with van der Waals surface area (Å²) in [7, 11) is 0. The Morgan fingerprint density at radius 2 is 1.58 bits per heavy atom. The second-order valence-electron chi connectivity index (χ2n) is 5.86. The van der Waals surface area contributed by atoms with Gasteiger partial charge >= 0.3 is 0 Å². The number of morpholine rings is 1. The lowest BCUT2D eigenvalue weighted by Crippen LogP contribution is -2.41. The number of carbonyl (C=O) groups is 3. The molecule has 0 unspecified atom stereocenters. The van der Waals surface area contributed by atoms with Gasteiger partial charge in [-0.2, -0.15) is 0 Å². The fraction of sp³-hybridized carbons (Fsp3) is 0.211. The highest BCUT2D eigenvalue weighted by atomic mass is 16.5. The first-order valence-electron chi connectivity index (χ1n) is 8.20. The first-order valence-corrected chi connectivity index (χ1v) is 8.20. The zero-order chi connectivity index (χ0) is 18.5. The standard InChI is InChI=1S/C19H19N3O4/c1-13(23)20-15-4-2-14(3-5-15)19(25)21-16-6-8-17(9-7-16)22-10-11-26-12-18(22)24/h2-9H,10-12H2,1H3,(H,20,23)(H,21,25). The summed E-state index contributed by atoms with van der Waals surface area (Å²) in [5, 5.41) is 5.46. The van der Waals surface area contributed by atoms with E-state index in [4.69, 9.17) is 4.74 Å². The molecule has 1 heterocycles. The van der Waals surface area contributed by atoms with Crippen molar-refractivity contribution in [2.75, 3.05) is 35.3 Å². The van der Waals surface area contributed by atoms with Crippen molar-refractivity contribution in [3.63, 3.8) is 0 Å². The zero-order valence-electron chi connectivity index (χ0n) is 14.3. The van der Waals surface area contributed by atoms with E-state index in [1.54, 1.807) is 53.4 Å². The quantitative estimate of drug-likeness (QED) is 0.883. The number of rotatable bonds is 4. The van der Waals surface area contributed by atoms with E-state index in [1.807, 2.05) is 0 Å². The average molecular weight is 353 g/mol. The van der Waals surface area contributed by atoms with Crippen molar-refractivity contribution in [2.24, 2.45) is 0 Å². The maximum atomic E-state index is 12.3. The third-order valence-electron chi connectivity index (χ3n) is 3.89. The van der Waals surface area contributed by atoms with Gasteiger partial charge in [-0.3, -0.25) is 14.4 Å². The van der Waals surface area contributed by atoms with Crippen molar-refractivity contribution in [1.82, 2.24) is 0 Å². The van der Waals surface area contributed by atoms with Gasteiger partial charge < -0.3 is 20.3 Å². The number of hydrogen-bond donors (Lipinski definition) is 2. The first kappa shape index (κ1) is 17.6. The van der Waals surface area contributed by atoms with Crippen LogP contribution in [0.5, 0.6) is 0 Å². The number of carbonyl (C=O) groups excluding carboxylic acids is 3. The average Bonchev–Trinajstić information content (AvgIpc) is 2.63. The van der Waals surface area contributed by atoms with Crippen LogP contribution in [0, 0.1) is 0 Å². The van der Waals surface area contributed by atoms with Gasteiger partial charge in [-0.1, -0.05) is 0 Å². The van der Waals surface area contributed by atoms with Gasteiger partial charge in [0, 0.05) is 36.1 Å². The van der Waals surface area contributed by atoms with Gasteiger partial charge in [0.15, 0.2) is 0 Å². The number of nitrogens with zero attached hydrogens (tertiary/aromatic N) is 1. The topological polar surface area (TPSA) is 87.7 Å². The Morgan fingerprint density at radius 1 is 0.962 bits per heavy atom. The van der Waals surface area contributed by atoms with Gasteiger partial charge in [0.05, 0.1) is 6.61 Å². The van der Waals surface area contributed by atoms with Gasteiger partial charge in [0.25, 0.3) is 11.8 Å². The van der Waals surface area contributed by atoms with E-state index in [9.17, 15) is 14.4 Å². The van der Waals surface area contributed by atoms with E-state index in [1.165, 1.54) is 6.92 Å². The summed E-state index contributed by atoms with van der Waals surface area (Å²) in [5.74, 6) is -0.497. The molecule has 7 heteroatoms. The number of anilines is 3. The number of hydrogen-bond acceptors (Lipinski definition) is 4. The molecule has 1 aliphatic heterocycles. The Balaban J connectivity index is 1.64. The SMILES string of the molecule is CC(=O)Nc1ccc(C(=O)Nc2ccc(N3CCOCC3=O)cc2)cc1. The van der Waals surface area contributed by atoms with E-state index in [-0.39, 0.29) is 24.3 Å². The summed E-state index contributed by atoms with van der Waals surface area (Å²) in [6.07, 6.45) is 0. The van der Waals surface area contributed by atoms with Gasteiger partial charge in [0.2, 0.25) is 5.91 Å². The minimum absolute atomic E-state index is 0.0766. The van der Waals surface area contributed by atoms with Crippen LogP contribution in [0.4, 0.5) is 17.1 Å². The highest BCUT2D eigenvalue weighted by molar-refractivity contribution is 6.05. The van der Waals surface area contributed by atoms with Crippen LogP contribution in [0.3, 0.4) is 0 Å². The lowest BCUT2D eigenvalue weighted by atomic mass is 10.2. The Morgan fingerprint density at radius 3 is 2.19 bits per heavy atom. The van der Waals surface area contributed by atoms with Crippen LogP contribution in [-0.2, 0) is 14.3 Å². The molecule has 0 spiro atoms. The highest BCUT2D eigenvalue weighted by Crippen LogP contribution is 2.20.